The summed E-state index contributed by atoms with van der Waals surface area (Å²) in [4.78, 5) is 31.1. The van der Waals surface area contributed by atoms with Gasteiger partial charge in [0.2, 0.25) is 5.78 Å². The number of rotatable bonds is 6. The first-order valence-corrected chi connectivity index (χ1v) is 7.74. The highest BCUT2D eigenvalue weighted by molar-refractivity contribution is 5.95. The molecular formula is C17H16N6O3. The summed E-state index contributed by atoms with van der Waals surface area (Å²) < 4.78 is 1.68. The van der Waals surface area contributed by atoms with E-state index >= 15 is 0 Å². The quantitative estimate of drug-likeness (QED) is 0.382. The van der Waals surface area contributed by atoms with E-state index in [9.17, 15) is 9.59 Å². The van der Waals surface area contributed by atoms with Crippen LogP contribution in [0.15, 0.2) is 42.7 Å². The zero-order chi connectivity index (χ0) is 18.7. The summed E-state index contributed by atoms with van der Waals surface area (Å²) >= 11 is 0. The number of carbonyl (C=O) groups is 2. The summed E-state index contributed by atoms with van der Waals surface area (Å²) in [6.07, 6.45) is 3.28. The second kappa shape index (κ2) is 7.01. The predicted octanol–water partition coefficient (Wildman–Crippen LogP) is 0.885. The molecule has 0 aliphatic rings. The molecule has 0 saturated carbocycles. The molecule has 0 aliphatic heterocycles. The van der Waals surface area contributed by atoms with E-state index in [-0.39, 0.29) is 24.5 Å². The van der Waals surface area contributed by atoms with Crippen molar-refractivity contribution < 1.29 is 14.7 Å². The minimum Gasteiger partial charge on any atom is -0.481 e. The van der Waals surface area contributed by atoms with Gasteiger partial charge in [-0.1, -0.05) is 24.3 Å². The molecule has 3 aromatic rings. The third kappa shape index (κ3) is 3.66. The summed E-state index contributed by atoms with van der Waals surface area (Å²) in [7, 11) is 0. The Balaban J connectivity index is 1.81. The van der Waals surface area contributed by atoms with E-state index in [0.29, 0.717) is 17.0 Å². The lowest BCUT2D eigenvalue weighted by atomic mass is 10.1. The molecule has 3 rings (SSSR count). The van der Waals surface area contributed by atoms with Gasteiger partial charge in [-0.25, -0.2) is 9.97 Å². The molecule has 0 bridgehead atoms. The van der Waals surface area contributed by atoms with E-state index in [0.717, 1.165) is 5.56 Å². The number of carboxylic acid groups (broad SMARTS) is 1. The summed E-state index contributed by atoms with van der Waals surface area (Å²) in [5.41, 5.74) is 7.71. The van der Waals surface area contributed by atoms with Crippen LogP contribution >= 0.6 is 0 Å². The lowest BCUT2D eigenvalue weighted by Crippen LogP contribution is -2.26. The average molecular weight is 352 g/mol. The highest BCUT2D eigenvalue weighted by atomic mass is 16.4. The number of aliphatic carboxylic acids is 1. The number of amides is 1. The van der Waals surface area contributed by atoms with Crippen LogP contribution in [0.1, 0.15) is 22.5 Å². The molecule has 0 spiro atoms. The molecule has 2 aromatic heterocycles. The van der Waals surface area contributed by atoms with Gasteiger partial charge in [0.15, 0.2) is 0 Å². The van der Waals surface area contributed by atoms with Crippen LogP contribution in [0.2, 0.25) is 0 Å². The number of hydrogen-bond donors (Lipinski definition) is 4. The number of imidazole rings is 1. The number of nitrogen functional groups attached to an aromatic ring is 1. The molecule has 9 nitrogen and oxygen atoms in total. The van der Waals surface area contributed by atoms with Crippen LogP contribution in [0.4, 0.5) is 0 Å². The minimum atomic E-state index is -0.984. The van der Waals surface area contributed by atoms with Crippen molar-refractivity contribution in [1.82, 2.24) is 19.7 Å². The standard InChI is InChI=1S/C17H16N6O3/c18-15(19)11-3-1-10(2-4-11)13-9-23-8-6-12(21-17(23)22-13)16(26)20-7-5-14(24)25/h1-4,6,8-9H,5,7H2,(H3,18,19)(H,20,26)(H,24,25). The van der Waals surface area contributed by atoms with Gasteiger partial charge in [0.05, 0.1) is 12.1 Å². The van der Waals surface area contributed by atoms with Crippen LogP contribution in [0.5, 0.6) is 0 Å². The normalized spacial score (nSPS) is 10.6. The number of benzene rings is 1. The van der Waals surface area contributed by atoms with E-state index in [1.165, 1.54) is 6.07 Å². The van der Waals surface area contributed by atoms with Gasteiger partial charge in [-0.3, -0.25) is 19.4 Å². The van der Waals surface area contributed by atoms with Crippen molar-refractivity contribution in [1.29, 1.82) is 5.41 Å². The first-order chi connectivity index (χ1) is 12.4. The first kappa shape index (κ1) is 17.1. The number of carbonyl (C=O) groups excluding carboxylic acids is 1. The van der Waals surface area contributed by atoms with Crippen LogP contribution in [0.25, 0.3) is 17.0 Å². The molecule has 9 heteroatoms. The molecule has 0 unspecified atom stereocenters. The molecule has 0 aliphatic carbocycles. The van der Waals surface area contributed by atoms with Gasteiger partial charge in [0, 0.05) is 30.1 Å². The zero-order valence-corrected chi connectivity index (χ0v) is 13.6. The van der Waals surface area contributed by atoms with E-state index in [2.05, 4.69) is 15.3 Å². The van der Waals surface area contributed by atoms with Gasteiger partial charge in [0.1, 0.15) is 11.5 Å². The second-order valence-corrected chi connectivity index (χ2v) is 5.54. The lowest BCUT2D eigenvalue weighted by molar-refractivity contribution is -0.136. The molecule has 132 valence electrons. The van der Waals surface area contributed by atoms with Crippen molar-refractivity contribution >= 4 is 23.5 Å². The van der Waals surface area contributed by atoms with Crippen molar-refractivity contribution in [3.05, 3.63) is 54.0 Å². The number of nitrogens with one attached hydrogen (secondary N) is 2. The van der Waals surface area contributed by atoms with E-state index in [1.54, 1.807) is 41.1 Å². The zero-order valence-electron chi connectivity index (χ0n) is 13.6. The van der Waals surface area contributed by atoms with Crippen molar-refractivity contribution in [2.75, 3.05) is 6.54 Å². The fourth-order valence-electron chi connectivity index (χ4n) is 2.33. The number of aromatic nitrogens is 3. The number of fused-ring (bicyclic) bond motifs is 1. The Morgan fingerprint density at radius 1 is 1.19 bits per heavy atom. The Kier molecular flexibility index (Phi) is 4.61. The van der Waals surface area contributed by atoms with Crippen molar-refractivity contribution in [3.63, 3.8) is 0 Å². The number of nitrogens with two attached hydrogens (primary N) is 1. The Hall–Kier alpha value is -3.75. The van der Waals surface area contributed by atoms with E-state index in [1.807, 2.05) is 0 Å². The highest BCUT2D eigenvalue weighted by Gasteiger charge is 2.11. The molecule has 0 radical (unpaired) electrons. The Morgan fingerprint density at radius 3 is 2.58 bits per heavy atom. The first-order valence-electron chi connectivity index (χ1n) is 7.74. The minimum absolute atomic E-state index is 0.00762. The molecule has 26 heavy (non-hydrogen) atoms. The molecule has 0 fully saturated rings. The fourth-order valence-corrected chi connectivity index (χ4v) is 2.33. The number of amidine groups is 1. The van der Waals surface area contributed by atoms with Crippen molar-refractivity contribution in [2.45, 2.75) is 6.42 Å². The van der Waals surface area contributed by atoms with Gasteiger partial charge >= 0.3 is 5.97 Å². The summed E-state index contributed by atoms with van der Waals surface area (Å²) in [5.74, 6) is -1.10. The van der Waals surface area contributed by atoms with Crippen LogP contribution in [-0.4, -0.2) is 43.7 Å². The molecule has 2 heterocycles. The predicted molar refractivity (Wildman–Crippen MR) is 94.0 cm³/mol. The van der Waals surface area contributed by atoms with Gasteiger partial charge in [-0.2, -0.15) is 0 Å². The fraction of sp³-hybridized carbons (Fsp3) is 0.118. The monoisotopic (exact) mass is 352 g/mol. The van der Waals surface area contributed by atoms with Crippen molar-refractivity contribution in [3.8, 4) is 11.3 Å². The summed E-state index contributed by atoms with van der Waals surface area (Å²) in [6.45, 7) is 0.0310. The Morgan fingerprint density at radius 2 is 1.92 bits per heavy atom. The van der Waals surface area contributed by atoms with Gasteiger partial charge in [-0.15, -0.1) is 0 Å². The maximum Gasteiger partial charge on any atom is 0.305 e. The smallest absolute Gasteiger partial charge is 0.305 e. The summed E-state index contributed by atoms with van der Waals surface area (Å²) in [6, 6.07) is 8.61. The third-order valence-corrected chi connectivity index (χ3v) is 3.67. The molecule has 0 atom stereocenters. The maximum absolute atomic E-state index is 12.0. The number of carboxylic acids is 1. The Bertz CT molecular complexity index is 993. The van der Waals surface area contributed by atoms with E-state index < -0.39 is 11.9 Å². The number of hydrogen-bond acceptors (Lipinski definition) is 5. The van der Waals surface area contributed by atoms with Crippen LogP contribution in [-0.2, 0) is 4.79 Å². The molecule has 0 saturated heterocycles. The molecule has 1 amide bonds. The summed E-state index contributed by atoms with van der Waals surface area (Å²) in [5, 5.41) is 18.5. The van der Waals surface area contributed by atoms with E-state index in [4.69, 9.17) is 16.2 Å². The van der Waals surface area contributed by atoms with Crippen LogP contribution in [0.3, 0.4) is 0 Å². The molecular weight excluding hydrogens is 336 g/mol. The second-order valence-electron chi connectivity index (χ2n) is 5.54. The van der Waals surface area contributed by atoms with Crippen molar-refractivity contribution in [2.24, 2.45) is 5.73 Å². The van der Waals surface area contributed by atoms with Gasteiger partial charge < -0.3 is 16.2 Å². The third-order valence-electron chi connectivity index (χ3n) is 3.67. The average Bonchev–Trinajstić information content (AvgIpc) is 3.04. The molecule has 1 aromatic carbocycles. The highest BCUT2D eigenvalue weighted by Crippen LogP contribution is 2.19. The Labute approximate surface area is 148 Å². The SMILES string of the molecule is N=C(N)c1ccc(-c2cn3ccc(C(=O)NCCC(=O)O)nc3n2)cc1. The largest absolute Gasteiger partial charge is 0.481 e. The lowest BCUT2D eigenvalue weighted by Gasteiger charge is -2.02. The maximum atomic E-state index is 12.0. The topological polar surface area (TPSA) is 146 Å². The van der Waals surface area contributed by atoms with Gasteiger partial charge in [0.25, 0.3) is 5.91 Å². The number of nitrogens with zero attached hydrogens (tertiary/aromatic N) is 3. The van der Waals surface area contributed by atoms with Crippen LogP contribution < -0.4 is 11.1 Å². The van der Waals surface area contributed by atoms with Crippen LogP contribution in [0, 0.1) is 5.41 Å². The molecule has 5 N–H and O–H groups in total. The van der Waals surface area contributed by atoms with Gasteiger partial charge in [-0.05, 0) is 6.07 Å².